The number of benzene rings is 3. The highest BCUT2D eigenvalue weighted by Gasteiger charge is 2.38. The predicted octanol–water partition coefficient (Wildman–Crippen LogP) is 5.59. The van der Waals surface area contributed by atoms with Crippen molar-refractivity contribution in [3.8, 4) is 0 Å². The number of rotatable bonds is 4. The highest BCUT2D eigenvalue weighted by atomic mass is 16.1. The van der Waals surface area contributed by atoms with Gasteiger partial charge in [0.15, 0.2) is 11.6 Å². The van der Waals surface area contributed by atoms with Crippen molar-refractivity contribution in [1.29, 1.82) is 0 Å². The van der Waals surface area contributed by atoms with Gasteiger partial charge < -0.3 is 10.6 Å². The van der Waals surface area contributed by atoms with Gasteiger partial charge in [0.1, 0.15) is 0 Å². The first-order valence-corrected chi connectivity index (χ1v) is 10.0. The molecule has 0 aromatic heterocycles. The highest BCUT2D eigenvalue weighted by Crippen LogP contribution is 2.39. The number of hydrogen-bond donors (Lipinski definition) is 2. The molecule has 0 fully saturated rings. The van der Waals surface area contributed by atoms with E-state index in [0.29, 0.717) is 35.1 Å². The van der Waals surface area contributed by atoms with E-state index in [1.165, 1.54) is 0 Å². The Balaban J connectivity index is 1.67. The van der Waals surface area contributed by atoms with E-state index >= 15 is 0 Å². The Labute approximate surface area is 174 Å². The fraction of sp³-hybridized carbons (Fsp3) is 0.0769. The summed E-state index contributed by atoms with van der Waals surface area (Å²) in [5.74, 6) is -0.212. The van der Waals surface area contributed by atoms with Crippen LogP contribution in [0.1, 0.15) is 33.6 Å². The molecule has 0 bridgehead atoms. The molecule has 0 aliphatic heterocycles. The van der Waals surface area contributed by atoms with Crippen molar-refractivity contribution in [3.05, 3.63) is 119 Å². The van der Waals surface area contributed by atoms with E-state index in [1.54, 1.807) is 24.3 Å². The first-order chi connectivity index (χ1) is 14.7. The molecule has 0 spiro atoms. The van der Waals surface area contributed by atoms with Crippen LogP contribution in [0.15, 0.2) is 107 Å². The first kappa shape index (κ1) is 18.1. The molecule has 5 rings (SSSR count). The third kappa shape index (κ3) is 3.12. The van der Waals surface area contributed by atoms with Gasteiger partial charge in [-0.25, -0.2) is 0 Å². The molecule has 4 nitrogen and oxygen atoms in total. The van der Waals surface area contributed by atoms with Crippen molar-refractivity contribution < 1.29 is 9.59 Å². The SMILES string of the molecule is O=C1C2=C(Nc3ccccc3)CCC(Nc3ccccc3)=C2C(=O)c2ccccc21. The minimum atomic E-state index is -0.106. The Morgan fingerprint density at radius 1 is 0.500 bits per heavy atom. The Morgan fingerprint density at radius 3 is 1.27 bits per heavy atom. The van der Waals surface area contributed by atoms with Crippen molar-refractivity contribution in [3.63, 3.8) is 0 Å². The van der Waals surface area contributed by atoms with E-state index in [0.717, 1.165) is 22.8 Å². The van der Waals surface area contributed by atoms with Crippen molar-refractivity contribution in [2.45, 2.75) is 12.8 Å². The van der Waals surface area contributed by atoms with Gasteiger partial charge in [0, 0.05) is 33.9 Å². The maximum absolute atomic E-state index is 13.5. The molecular formula is C26H20N2O2. The van der Waals surface area contributed by atoms with Crippen LogP contribution in [0.3, 0.4) is 0 Å². The summed E-state index contributed by atoms with van der Waals surface area (Å²) in [5, 5.41) is 6.78. The second kappa shape index (κ2) is 7.48. The van der Waals surface area contributed by atoms with Crippen molar-refractivity contribution in [2.75, 3.05) is 10.6 Å². The number of hydrogen-bond acceptors (Lipinski definition) is 4. The monoisotopic (exact) mass is 392 g/mol. The van der Waals surface area contributed by atoms with Gasteiger partial charge in [-0.1, -0.05) is 60.7 Å². The summed E-state index contributed by atoms with van der Waals surface area (Å²) in [4.78, 5) is 27.0. The van der Waals surface area contributed by atoms with E-state index < -0.39 is 0 Å². The van der Waals surface area contributed by atoms with E-state index in [9.17, 15) is 9.59 Å². The number of fused-ring (bicyclic) bond motifs is 2. The number of anilines is 2. The lowest BCUT2D eigenvalue weighted by Crippen LogP contribution is -2.30. The molecule has 30 heavy (non-hydrogen) atoms. The van der Waals surface area contributed by atoms with Crippen LogP contribution < -0.4 is 10.6 Å². The minimum Gasteiger partial charge on any atom is -0.358 e. The lowest BCUT2D eigenvalue weighted by Gasteiger charge is -2.30. The second-order valence-corrected chi connectivity index (χ2v) is 7.39. The number of nitrogens with one attached hydrogen (secondary N) is 2. The van der Waals surface area contributed by atoms with Crippen molar-refractivity contribution in [1.82, 2.24) is 0 Å². The number of allylic oxidation sites excluding steroid dienone is 4. The predicted molar refractivity (Wildman–Crippen MR) is 119 cm³/mol. The summed E-state index contributed by atoms with van der Waals surface area (Å²) in [6, 6.07) is 26.6. The van der Waals surface area contributed by atoms with Gasteiger partial charge in [0.05, 0.1) is 11.1 Å². The molecule has 2 aliphatic rings. The minimum absolute atomic E-state index is 0.106. The van der Waals surface area contributed by atoms with Gasteiger partial charge in [0.2, 0.25) is 0 Å². The molecule has 3 aromatic carbocycles. The van der Waals surface area contributed by atoms with Gasteiger partial charge >= 0.3 is 0 Å². The fourth-order valence-corrected chi connectivity index (χ4v) is 4.09. The number of ketones is 2. The molecule has 0 radical (unpaired) electrons. The summed E-state index contributed by atoms with van der Waals surface area (Å²) < 4.78 is 0. The quantitative estimate of drug-likeness (QED) is 0.607. The van der Waals surface area contributed by atoms with Gasteiger partial charge in [0.25, 0.3) is 0 Å². The molecule has 2 N–H and O–H groups in total. The highest BCUT2D eigenvalue weighted by molar-refractivity contribution is 6.32. The van der Waals surface area contributed by atoms with Crippen LogP contribution in [-0.4, -0.2) is 11.6 Å². The Bertz CT molecular complexity index is 1110. The summed E-state index contributed by atoms with van der Waals surface area (Å²) >= 11 is 0. The number of Topliss-reactive ketones (excluding diaryl/α,β-unsaturated/α-hetero) is 2. The van der Waals surface area contributed by atoms with Gasteiger partial charge in [-0.05, 0) is 37.1 Å². The zero-order valence-corrected chi connectivity index (χ0v) is 16.3. The van der Waals surface area contributed by atoms with Crippen LogP contribution in [0.2, 0.25) is 0 Å². The van der Waals surface area contributed by atoms with Crippen LogP contribution in [-0.2, 0) is 0 Å². The van der Waals surface area contributed by atoms with Gasteiger partial charge in [-0.2, -0.15) is 0 Å². The Hall–Kier alpha value is -3.92. The van der Waals surface area contributed by atoms with E-state index in [4.69, 9.17) is 0 Å². The summed E-state index contributed by atoms with van der Waals surface area (Å²) in [5.41, 5.74) is 5.28. The van der Waals surface area contributed by atoms with Gasteiger partial charge in [-0.15, -0.1) is 0 Å². The molecule has 4 heteroatoms. The first-order valence-electron chi connectivity index (χ1n) is 10.0. The molecule has 0 saturated carbocycles. The third-order valence-corrected chi connectivity index (χ3v) is 5.49. The standard InChI is InChI=1S/C26H20N2O2/c29-25-19-13-7-8-14-20(19)26(30)24-22(28-18-11-5-2-6-12-18)16-15-21(23(24)25)27-17-9-3-1-4-10-17/h1-14,27-28H,15-16H2. The largest absolute Gasteiger partial charge is 0.358 e. The van der Waals surface area contributed by atoms with Crippen LogP contribution in [0.4, 0.5) is 11.4 Å². The molecule has 3 aromatic rings. The third-order valence-electron chi connectivity index (χ3n) is 5.49. The molecule has 0 heterocycles. The molecule has 0 unspecified atom stereocenters. The van der Waals surface area contributed by atoms with Crippen molar-refractivity contribution in [2.24, 2.45) is 0 Å². The van der Waals surface area contributed by atoms with E-state index in [1.807, 2.05) is 60.7 Å². The normalized spacial score (nSPS) is 15.6. The maximum atomic E-state index is 13.5. The molecular weight excluding hydrogens is 372 g/mol. The Morgan fingerprint density at radius 2 is 0.867 bits per heavy atom. The summed E-state index contributed by atoms with van der Waals surface area (Å²) in [7, 11) is 0. The smallest absolute Gasteiger partial charge is 0.196 e. The Kier molecular flexibility index (Phi) is 4.52. The molecule has 0 atom stereocenters. The molecule has 146 valence electrons. The van der Waals surface area contributed by atoms with Crippen LogP contribution in [0.5, 0.6) is 0 Å². The summed E-state index contributed by atoms with van der Waals surface area (Å²) in [6.07, 6.45) is 1.29. The zero-order chi connectivity index (χ0) is 20.5. The maximum Gasteiger partial charge on any atom is 0.196 e. The molecule has 0 saturated heterocycles. The van der Waals surface area contributed by atoms with E-state index in [2.05, 4.69) is 10.6 Å². The lowest BCUT2D eigenvalue weighted by atomic mass is 9.77. The number of para-hydroxylation sites is 2. The summed E-state index contributed by atoms with van der Waals surface area (Å²) in [6.45, 7) is 0. The molecule has 2 aliphatic carbocycles. The average Bonchev–Trinajstić information content (AvgIpc) is 2.80. The van der Waals surface area contributed by atoms with Gasteiger partial charge in [-0.3, -0.25) is 9.59 Å². The van der Waals surface area contributed by atoms with Crippen LogP contribution in [0, 0.1) is 0 Å². The van der Waals surface area contributed by atoms with E-state index in [-0.39, 0.29) is 11.6 Å². The zero-order valence-electron chi connectivity index (χ0n) is 16.3. The average molecular weight is 392 g/mol. The lowest BCUT2D eigenvalue weighted by molar-refractivity contribution is 0.0969. The van der Waals surface area contributed by atoms with Crippen LogP contribution in [0.25, 0.3) is 0 Å². The second-order valence-electron chi connectivity index (χ2n) is 7.39. The fourth-order valence-electron chi connectivity index (χ4n) is 4.09. The van der Waals surface area contributed by atoms with Crippen LogP contribution >= 0.6 is 0 Å². The van der Waals surface area contributed by atoms with Crippen molar-refractivity contribution >= 4 is 22.9 Å². The number of carbonyl (C=O) groups is 2. The number of carbonyl (C=O) groups excluding carboxylic acids is 2. The topological polar surface area (TPSA) is 58.2 Å². The molecule has 0 amide bonds.